The summed E-state index contributed by atoms with van der Waals surface area (Å²) in [5.41, 5.74) is -0.180. The molecule has 0 unspecified atom stereocenters. The van der Waals surface area contributed by atoms with Gasteiger partial charge in [0.25, 0.3) is 0 Å². The Kier molecular flexibility index (Phi) is 3.21. The van der Waals surface area contributed by atoms with Crippen molar-refractivity contribution < 1.29 is 13.2 Å². The van der Waals surface area contributed by atoms with Gasteiger partial charge in [-0.05, 0) is 18.4 Å². The molecule has 0 bridgehead atoms. The molecule has 1 aromatic carbocycles. The van der Waals surface area contributed by atoms with Gasteiger partial charge in [0.05, 0.1) is 10.6 Å². The minimum Gasteiger partial charge on any atom is -0.293 e. The van der Waals surface area contributed by atoms with Crippen LogP contribution < -0.4 is 0 Å². The van der Waals surface area contributed by atoms with E-state index in [0.29, 0.717) is 5.56 Å². The second-order valence-corrected chi connectivity index (χ2v) is 3.42. The molecule has 0 heterocycles. The lowest BCUT2D eigenvalue weighted by Gasteiger charge is -2.07. The molecule has 76 valence electrons. The van der Waals surface area contributed by atoms with Crippen molar-refractivity contribution in [2.45, 2.75) is 6.18 Å². The maximum Gasteiger partial charge on any atom is 0.416 e. The number of rotatable bonds is 1. The van der Waals surface area contributed by atoms with Gasteiger partial charge in [-0.2, -0.15) is 13.2 Å². The first-order valence-electron chi connectivity index (χ1n) is 3.75. The molecule has 0 amide bonds. The molecule has 0 fully saturated rings. The van der Waals surface area contributed by atoms with Crippen LogP contribution in [0.5, 0.6) is 0 Å². The standard InChI is InChI=1S/C9H8F3NS/c1-14-8(13)6-2-4-7(5-3-6)9(10,11)12/h2-5,13H,1H3. The lowest BCUT2D eigenvalue weighted by molar-refractivity contribution is -0.137. The van der Waals surface area contributed by atoms with E-state index in [1.54, 1.807) is 6.26 Å². The van der Waals surface area contributed by atoms with Crippen LogP contribution in [0.4, 0.5) is 13.2 Å². The summed E-state index contributed by atoms with van der Waals surface area (Å²) in [6.07, 6.45) is -2.60. The highest BCUT2D eigenvalue weighted by Crippen LogP contribution is 2.29. The maximum absolute atomic E-state index is 12.1. The molecular formula is C9H8F3NS. The number of benzene rings is 1. The van der Waals surface area contributed by atoms with Crippen molar-refractivity contribution >= 4 is 16.8 Å². The van der Waals surface area contributed by atoms with Gasteiger partial charge in [-0.3, -0.25) is 5.41 Å². The highest BCUT2D eigenvalue weighted by Gasteiger charge is 2.29. The van der Waals surface area contributed by atoms with E-state index in [-0.39, 0.29) is 5.04 Å². The largest absolute Gasteiger partial charge is 0.416 e. The van der Waals surface area contributed by atoms with Gasteiger partial charge < -0.3 is 0 Å². The molecule has 0 radical (unpaired) electrons. The third kappa shape index (κ3) is 2.51. The zero-order chi connectivity index (χ0) is 10.8. The molecule has 0 saturated carbocycles. The van der Waals surface area contributed by atoms with Gasteiger partial charge in [-0.1, -0.05) is 12.1 Å². The van der Waals surface area contributed by atoms with Crippen molar-refractivity contribution in [3.8, 4) is 0 Å². The van der Waals surface area contributed by atoms with Gasteiger partial charge in [0, 0.05) is 5.56 Å². The molecule has 1 aromatic rings. The second-order valence-electron chi connectivity index (χ2n) is 2.61. The summed E-state index contributed by atoms with van der Waals surface area (Å²) >= 11 is 1.19. The summed E-state index contributed by atoms with van der Waals surface area (Å²) in [6.45, 7) is 0. The Bertz CT molecular complexity index is 329. The zero-order valence-electron chi connectivity index (χ0n) is 7.35. The topological polar surface area (TPSA) is 23.9 Å². The molecule has 0 aliphatic carbocycles. The van der Waals surface area contributed by atoms with Crippen LogP contribution in [0, 0.1) is 5.41 Å². The Morgan fingerprint density at radius 3 is 2.07 bits per heavy atom. The van der Waals surface area contributed by atoms with E-state index in [9.17, 15) is 13.2 Å². The lowest BCUT2D eigenvalue weighted by atomic mass is 10.1. The minimum atomic E-state index is -4.31. The maximum atomic E-state index is 12.1. The molecule has 1 nitrogen and oxygen atoms in total. The van der Waals surface area contributed by atoms with Crippen molar-refractivity contribution in [3.05, 3.63) is 35.4 Å². The average Bonchev–Trinajstić information content (AvgIpc) is 2.15. The first-order chi connectivity index (χ1) is 6.45. The van der Waals surface area contributed by atoms with Crippen molar-refractivity contribution in [1.29, 1.82) is 5.41 Å². The summed E-state index contributed by atoms with van der Waals surface area (Å²) in [5.74, 6) is 0. The molecular weight excluding hydrogens is 211 g/mol. The van der Waals surface area contributed by atoms with Crippen LogP contribution in [-0.4, -0.2) is 11.3 Å². The van der Waals surface area contributed by atoms with E-state index in [1.807, 2.05) is 0 Å². The summed E-state index contributed by atoms with van der Waals surface area (Å²) in [5, 5.41) is 7.65. The fourth-order valence-corrected chi connectivity index (χ4v) is 1.30. The van der Waals surface area contributed by atoms with Gasteiger partial charge in [0.2, 0.25) is 0 Å². The molecule has 14 heavy (non-hydrogen) atoms. The van der Waals surface area contributed by atoms with Crippen molar-refractivity contribution in [1.82, 2.24) is 0 Å². The molecule has 0 spiro atoms. The normalized spacial score (nSPS) is 11.4. The highest BCUT2D eigenvalue weighted by atomic mass is 32.2. The van der Waals surface area contributed by atoms with E-state index in [4.69, 9.17) is 5.41 Å². The molecule has 0 saturated heterocycles. The highest BCUT2D eigenvalue weighted by molar-refractivity contribution is 8.13. The molecule has 0 atom stereocenters. The Hall–Kier alpha value is -0.970. The minimum absolute atomic E-state index is 0.263. The second kappa shape index (κ2) is 4.04. The summed E-state index contributed by atoms with van der Waals surface area (Å²) in [7, 11) is 0. The van der Waals surface area contributed by atoms with Gasteiger partial charge in [0.15, 0.2) is 0 Å². The Morgan fingerprint density at radius 2 is 1.71 bits per heavy atom. The van der Waals surface area contributed by atoms with Crippen LogP contribution in [-0.2, 0) is 6.18 Å². The fourth-order valence-electron chi connectivity index (χ4n) is 0.928. The number of thioether (sulfide) groups is 1. The summed E-state index contributed by atoms with van der Waals surface area (Å²) < 4.78 is 36.4. The van der Waals surface area contributed by atoms with E-state index in [0.717, 1.165) is 12.1 Å². The van der Waals surface area contributed by atoms with Crippen LogP contribution in [0.1, 0.15) is 11.1 Å². The van der Waals surface area contributed by atoms with Gasteiger partial charge >= 0.3 is 6.18 Å². The Morgan fingerprint density at radius 1 is 1.21 bits per heavy atom. The van der Waals surface area contributed by atoms with Crippen LogP contribution >= 0.6 is 11.8 Å². The fraction of sp³-hybridized carbons (Fsp3) is 0.222. The monoisotopic (exact) mass is 219 g/mol. The van der Waals surface area contributed by atoms with Gasteiger partial charge in [0.1, 0.15) is 0 Å². The number of nitrogens with one attached hydrogen (secondary N) is 1. The summed E-state index contributed by atoms with van der Waals surface area (Å²) in [6, 6.07) is 4.59. The van der Waals surface area contributed by atoms with Crippen molar-refractivity contribution in [2.24, 2.45) is 0 Å². The number of hydrogen-bond acceptors (Lipinski definition) is 2. The Labute approximate surface area is 83.8 Å². The van der Waals surface area contributed by atoms with Crippen LogP contribution in [0.25, 0.3) is 0 Å². The smallest absolute Gasteiger partial charge is 0.293 e. The summed E-state index contributed by atoms with van der Waals surface area (Å²) in [4.78, 5) is 0. The van der Waals surface area contributed by atoms with E-state index in [2.05, 4.69) is 0 Å². The average molecular weight is 219 g/mol. The lowest BCUT2D eigenvalue weighted by Crippen LogP contribution is -2.05. The molecule has 1 N–H and O–H groups in total. The molecule has 0 aliphatic heterocycles. The predicted molar refractivity (Wildman–Crippen MR) is 51.8 cm³/mol. The number of hydrogen-bond donors (Lipinski definition) is 1. The van der Waals surface area contributed by atoms with E-state index in [1.165, 1.54) is 23.9 Å². The van der Waals surface area contributed by atoms with E-state index >= 15 is 0 Å². The number of alkyl halides is 3. The zero-order valence-corrected chi connectivity index (χ0v) is 8.17. The molecule has 0 aliphatic rings. The molecule has 1 rings (SSSR count). The van der Waals surface area contributed by atoms with Gasteiger partial charge in [-0.15, -0.1) is 11.8 Å². The predicted octanol–water partition coefficient (Wildman–Crippen LogP) is 3.39. The molecule has 5 heteroatoms. The third-order valence-electron chi connectivity index (χ3n) is 1.68. The third-order valence-corrected chi connectivity index (χ3v) is 2.32. The first kappa shape index (κ1) is 11.1. The van der Waals surface area contributed by atoms with Gasteiger partial charge in [-0.25, -0.2) is 0 Å². The first-order valence-corrected chi connectivity index (χ1v) is 4.98. The number of halogens is 3. The van der Waals surface area contributed by atoms with Crippen LogP contribution in [0.2, 0.25) is 0 Å². The van der Waals surface area contributed by atoms with Crippen LogP contribution in [0.15, 0.2) is 24.3 Å². The van der Waals surface area contributed by atoms with Crippen molar-refractivity contribution in [3.63, 3.8) is 0 Å². The van der Waals surface area contributed by atoms with Crippen LogP contribution in [0.3, 0.4) is 0 Å². The Balaban J connectivity index is 2.95. The molecule has 0 aromatic heterocycles. The van der Waals surface area contributed by atoms with Crippen molar-refractivity contribution in [2.75, 3.05) is 6.26 Å². The SMILES string of the molecule is CSC(=N)c1ccc(C(F)(F)F)cc1. The quantitative estimate of drug-likeness (QED) is 0.568. The van der Waals surface area contributed by atoms with E-state index < -0.39 is 11.7 Å².